The summed E-state index contributed by atoms with van der Waals surface area (Å²) in [4.78, 5) is 36.8. The van der Waals surface area contributed by atoms with Crippen LogP contribution >= 0.6 is 0 Å². The average Bonchev–Trinajstić information content (AvgIpc) is 3.73. The van der Waals surface area contributed by atoms with Crippen LogP contribution in [0.3, 0.4) is 0 Å². The molecule has 2 aliphatic heterocycles. The van der Waals surface area contributed by atoms with Crippen LogP contribution in [0.5, 0.6) is 0 Å². The van der Waals surface area contributed by atoms with Crippen molar-refractivity contribution in [1.82, 2.24) is 39.9 Å². The van der Waals surface area contributed by atoms with E-state index in [0.29, 0.717) is 45.9 Å². The van der Waals surface area contributed by atoms with E-state index in [1.807, 2.05) is 97.1 Å². The number of H-pyrrole nitrogens is 2. The summed E-state index contributed by atoms with van der Waals surface area (Å²) in [5, 5.41) is 3.82. The predicted molar refractivity (Wildman–Crippen MR) is 156 cm³/mol. The second-order valence-corrected chi connectivity index (χ2v) is 9.79. The minimum absolute atomic E-state index is 0. The van der Waals surface area contributed by atoms with E-state index in [1.165, 1.54) is 0 Å². The third-order valence-electron chi connectivity index (χ3n) is 7.46. The number of rotatable bonds is 0. The standard InChI is InChI=1S/C32H18N8.2Co/c1-2-10-18-17(9-1)25-33-26(18)38-28-21-13-5-6-14-22(21)30(35-28)40-32-24-16-8-7-15-23(24)31(36-32)39-29-20-12-4-3-11-19(20)27(34-29)37-25;;/h1-16H,(H2,33,34,35,36,37,38,39,40);;. The van der Waals surface area contributed by atoms with E-state index >= 15 is 0 Å². The molecule has 4 aromatic carbocycles. The first-order chi connectivity index (χ1) is 19.8. The number of fused-ring (bicyclic) bond motifs is 20. The van der Waals surface area contributed by atoms with Gasteiger partial charge in [-0.1, -0.05) is 97.1 Å². The Kier molecular flexibility index (Phi) is 6.21. The summed E-state index contributed by atoms with van der Waals surface area (Å²) < 4.78 is 0. The summed E-state index contributed by atoms with van der Waals surface area (Å²) in [7, 11) is 0. The van der Waals surface area contributed by atoms with Gasteiger partial charge in [0.15, 0.2) is 23.3 Å². The fraction of sp³-hybridized carbons (Fsp3) is 0. The van der Waals surface area contributed by atoms with Gasteiger partial charge in [0.2, 0.25) is 0 Å². The van der Waals surface area contributed by atoms with Crippen molar-refractivity contribution >= 4 is 44.1 Å². The van der Waals surface area contributed by atoms with Gasteiger partial charge in [0.05, 0.1) is 0 Å². The monoisotopic (exact) mass is 632 g/mol. The Labute approximate surface area is 259 Å². The van der Waals surface area contributed by atoms with Crippen molar-refractivity contribution in [1.29, 1.82) is 0 Å². The molecule has 2 N–H and O–H groups in total. The van der Waals surface area contributed by atoms with E-state index in [4.69, 9.17) is 29.9 Å². The van der Waals surface area contributed by atoms with Crippen LogP contribution < -0.4 is 0 Å². The molecule has 9 rings (SSSR count). The van der Waals surface area contributed by atoms with Crippen LogP contribution in [0.2, 0.25) is 0 Å². The van der Waals surface area contributed by atoms with Gasteiger partial charge < -0.3 is 9.97 Å². The van der Waals surface area contributed by atoms with Crippen molar-refractivity contribution in [3.05, 3.63) is 97.1 Å². The van der Waals surface area contributed by atoms with Crippen LogP contribution in [0.4, 0.5) is 0 Å². The van der Waals surface area contributed by atoms with Gasteiger partial charge in [-0.25, -0.2) is 29.9 Å². The SMILES string of the molecule is [Co].[Co].c1ccc2c(c1)-c1nc-2nc2[nH]c(nc3nc(nc4[nH]c(n1)c1ccccc41)-c1ccccc1-3)c1ccccc21. The van der Waals surface area contributed by atoms with Crippen LogP contribution in [-0.4, -0.2) is 39.9 Å². The van der Waals surface area contributed by atoms with Crippen molar-refractivity contribution in [3.63, 3.8) is 0 Å². The molecule has 2 radical (unpaired) electrons. The molecule has 3 aromatic heterocycles. The largest absolute Gasteiger partial charge is 0.324 e. The van der Waals surface area contributed by atoms with Crippen LogP contribution in [0.15, 0.2) is 97.1 Å². The molecule has 8 bridgehead atoms. The zero-order chi connectivity index (χ0) is 26.2. The first kappa shape index (κ1) is 26.2. The number of nitrogens with zero attached hydrogens (tertiary/aromatic N) is 6. The van der Waals surface area contributed by atoms with Crippen molar-refractivity contribution in [3.8, 4) is 45.6 Å². The average molecular weight is 632 g/mol. The fourth-order valence-corrected chi connectivity index (χ4v) is 5.59. The number of hydrogen-bond acceptors (Lipinski definition) is 6. The predicted octanol–water partition coefficient (Wildman–Crippen LogP) is 6.86. The number of benzene rings is 4. The second-order valence-electron chi connectivity index (χ2n) is 9.79. The maximum absolute atomic E-state index is 5.02. The van der Waals surface area contributed by atoms with Gasteiger partial charge in [0, 0.05) is 77.4 Å². The third kappa shape index (κ3) is 3.88. The molecule has 204 valence electrons. The van der Waals surface area contributed by atoms with E-state index in [9.17, 15) is 0 Å². The van der Waals surface area contributed by atoms with E-state index < -0.39 is 0 Å². The molecule has 0 spiro atoms. The Morgan fingerprint density at radius 2 is 0.548 bits per heavy atom. The first-order valence-electron chi connectivity index (χ1n) is 13.0. The van der Waals surface area contributed by atoms with Crippen molar-refractivity contribution in [2.75, 3.05) is 0 Å². The minimum atomic E-state index is 0. The molecule has 0 amide bonds. The van der Waals surface area contributed by atoms with Crippen LogP contribution in [0, 0.1) is 0 Å². The summed E-state index contributed by atoms with van der Waals surface area (Å²) in [6.07, 6.45) is 0. The zero-order valence-corrected chi connectivity index (χ0v) is 23.7. The molecular formula is C32H18Co2N8. The molecule has 0 atom stereocenters. The Balaban J connectivity index is 0.00000144. The minimum Gasteiger partial charge on any atom is -0.324 e. The maximum Gasteiger partial charge on any atom is 0.164 e. The van der Waals surface area contributed by atoms with Crippen molar-refractivity contribution in [2.24, 2.45) is 0 Å². The molecule has 7 aromatic rings. The Morgan fingerprint density at radius 1 is 0.310 bits per heavy atom. The van der Waals surface area contributed by atoms with Crippen LogP contribution in [-0.2, 0) is 33.6 Å². The number of aromatic nitrogens is 8. The summed E-state index contributed by atoms with van der Waals surface area (Å²) in [6, 6.07) is 32.2. The molecule has 5 heterocycles. The van der Waals surface area contributed by atoms with E-state index in [0.717, 1.165) is 43.8 Å². The molecule has 42 heavy (non-hydrogen) atoms. The molecule has 10 heteroatoms. The van der Waals surface area contributed by atoms with E-state index in [2.05, 4.69) is 9.97 Å². The Bertz CT molecular complexity index is 2040. The van der Waals surface area contributed by atoms with Gasteiger partial charge in [-0.3, -0.25) is 0 Å². The Morgan fingerprint density at radius 3 is 0.810 bits per heavy atom. The summed E-state index contributed by atoms with van der Waals surface area (Å²) in [5.74, 6) is 2.39. The van der Waals surface area contributed by atoms with Gasteiger partial charge in [-0.05, 0) is 0 Å². The van der Waals surface area contributed by atoms with Crippen molar-refractivity contribution < 1.29 is 33.6 Å². The van der Waals surface area contributed by atoms with Gasteiger partial charge in [-0.15, -0.1) is 0 Å². The summed E-state index contributed by atoms with van der Waals surface area (Å²) in [6.45, 7) is 0. The van der Waals surface area contributed by atoms with E-state index in [-0.39, 0.29) is 33.6 Å². The maximum atomic E-state index is 5.02. The molecule has 2 aliphatic rings. The topological polar surface area (TPSA) is 109 Å². The summed E-state index contributed by atoms with van der Waals surface area (Å²) in [5.41, 5.74) is 6.45. The van der Waals surface area contributed by atoms with Crippen molar-refractivity contribution in [2.45, 2.75) is 0 Å². The molecule has 0 aliphatic carbocycles. The van der Waals surface area contributed by atoms with Gasteiger partial charge in [0.1, 0.15) is 22.6 Å². The fourth-order valence-electron chi connectivity index (χ4n) is 5.59. The number of nitrogens with one attached hydrogen (secondary N) is 2. The smallest absolute Gasteiger partial charge is 0.164 e. The quantitative estimate of drug-likeness (QED) is 0.189. The van der Waals surface area contributed by atoms with Gasteiger partial charge in [0.25, 0.3) is 0 Å². The van der Waals surface area contributed by atoms with Crippen LogP contribution in [0.25, 0.3) is 89.7 Å². The van der Waals surface area contributed by atoms with Gasteiger partial charge in [-0.2, -0.15) is 0 Å². The molecular weight excluding hydrogens is 614 g/mol. The summed E-state index contributed by atoms with van der Waals surface area (Å²) >= 11 is 0. The van der Waals surface area contributed by atoms with E-state index in [1.54, 1.807) is 0 Å². The van der Waals surface area contributed by atoms with Crippen LogP contribution in [0.1, 0.15) is 0 Å². The molecule has 0 saturated heterocycles. The number of aromatic amines is 2. The Hall–Kier alpha value is -4.75. The van der Waals surface area contributed by atoms with Gasteiger partial charge >= 0.3 is 0 Å². The normalized spacial score (nSPS) is 11.4. The third-order valence-corrected chi connectivity index (χ3v) is 7.46. The molecule has 0 unspecified atom stereocenters. The molecule has 0 fully saturated rings. The zero-order valence-electron chi connectivity index (χ0n) is 21.6. The second kappa shape index (κ2) is 9.96. The number of hydrogen-bond donors (Lipinski definition) is 2. The molecule has 0 saturated carbocycles. The molecule has 8 nitrogen and oxygen atoms in total. The first-order valence-corrected chi connectivity index (χ1v) is 13.0.